The lowest BCUT2D eigenvalue weighted by molar-refractivity contribution is 0.0950. The topological polar surface area (TPSA) is 81.5 Å². The van der Waals surface area contributed by atoms with Crippen LogP contribution >= 0.6 is 11.6 Å². The van der Waals surface area contributed by atoms with Gasteiger partial charge in [-0.05, 0) is 47.6 Å². The summed E-state index contributed by atoms with van der Waals surface area (Å²) in [5.41, 5.74) is 5.67. The zero-order chi connectivity index (χ0) is 23.4. The summed E-state index contributed by atoms with van der Waals surface area (Å²) in [4.78, 5) is 21.8. The van der Waals surface area contributed by atoms with E-state index < -0.39 is 0 Å². The van der Waals surface area contributed by atoms with Crippen molar-refractivity contribution in [3.8, 4) is 0 Å². The summed E-state index contributed by atoms with van der Waals surface area (Å²) in [6.07, 6.45) is 12.2. The summed E-state index contributed by atoms with van der Waals surface area (Å²) in [7, 11) is 0. The Morgan fingerprint density at radius 3 is 2.85 bits per heavy atom. The molecule has 6 rings (SSSR count). The van der Waals surface area contributed by atoms with Crippen LogP contribution in [0.25, 0.3) is 11.2 Å². The number of fused-ring (bicyclic) bond motifs is 2. The van der Waals surface area contributed by atoms with E-state index in [0.29, 0.717) is 35.0 Å². The number of imidazole rings is 2. The van der Waals surface area contributed by atoms with Gasteiger partial charge in [0, 0.05) is 29.8 Å². The molecule has 5 aromatic heterocycles. The minimum absolute atomic E-state index is 0.207. The van der Waals surface area contributed by atoms with Gasteiger partial charge in [-0.2, -0.15) is 5.10 Å². The quantitative estimate of drug-likeness (QED) is 0.398. The summed E-state index contributed by atoms with van der Waals surface area (Å²) >= 11 is 6.09. The third-order valence-corrected chi connectivity index (χ3v) is 6.90. The first-order chi connectivity index (χ1) is 16.4. The number of hydrogen-bond donors (Lipinski definition) is 1. The number of hydrogen-bond acceptors (Lipinski definition) is 4. The fourth-order valence-corrected chi connectivity index (χ4v) is 4.69. The largest absolute Gasteiger partial charge is 0.346 e. The molecule has 1 aliphatic carbocycles. The minimum atomic E-state index is -0.207. The lowest BCUT2D eigenvalue weighted by atomic mass is 10.0. The van der Waals surface area contributed by atoms with Crippen molar-refractivity contribution < 1.29 is 4.79 Å². The molecule has 9 heteroatoms. The molecule has 0 spiro atoms. The Balaban J connectivity index is 1.13. The summed E-state index contributed by atoms with van der Waals surface area (Å²) in [5, 5.41) is 7.89. The molecule has 1 atom stereocenters. The molecule has 0 saturated heterocycles. The van der Waals surface area contributed by atoms with Gasteiger partial charge in [0.05, 0.1) is 48.1 Å². The first kappa shape index (κ1) is 20.9. The van der Waals surface area contributed by atoms with Gasteiger partial charge < -0.3 is 14.1 Å². The van der Waals surface area contributed by atoms with E-state index in [1.807, 2.05) is 27.3 Å². The van der Waals surface area contributed by atoms with Crippen LogP contribution in [0.4, 0.5) is 0 Å². The maximum atomic E-state index is 12.7. The molecule has 5 aromatic rings. The number of amides is 1. The predicted molar refractivity (Wildman–Crippen MR) is 129 cm³/mol. The summed E-state index contributed by atoms with van der Waals surface area (Å²) < 4.78 is 5.63. The maximum Gasteiger partial charge on any atom is 0.254 e. The summed E-state index contributed by atoms with van der Waals surface area (Å²) in [6.45, 7) is 5.39. The van der Waals surface area contributed by atoms with Crippen LogP contribution in [0.3, 0.4) is 0 Å². The van der Waals surface area contributed by atoms with E-state index in [1.165, 1.54) is 12.0 Å². The lowest BCUT2D eigenvalue weighted by Crippen LogP contribution is -2.22. The highest BCUT2D eigenvalue weighted by Gasteiger charge is 2.46. The van der Waals surface area contributed by atoms with Crippen molar-refractivity contribution in [1.82, 2.24) is 33.9 Å². The summed E-state index contributed by atoms with van der Waals surface area (Å²) in [5.74, 6) is 0.406. The Bertz CT molecular complexity index is 1540. The molecule has 1 N–H and O–H groups in total. The monoisotopic (exact) mass is 473 g/mol. The SMILES string of the molecule is CC1(C)CC1c1ccn2cc(Cn3cc(C(=O)NCc4ncn5ccc(Cl)cc45)cn3)nc2c1. The summed E-state index contributed by atoms with van der Waals surface area (Å²) in [6, 6.07) is 7.99. The van der Waals surface area contributed by atoms with Gasteiger partial charge >= 0.3 is 0 Å². The number of carbonyl (C=O) groups is 1. The van der Waals surface area contributed by atoms with Crippen molar-refractivity contribution in [1.29, 1.82) is 0 Å². The first-order valence-electron chi connectivity index (χ1n) is 11.2. The van der Waals surface area contributed by atoms with E-state index in [9.17, 15) is 4.79 Å². The van der Waals surface area contributed by atoms with Crippen LogP contribution < -0.4 is 5.32 Å². The zero-order valence-corrected chi connectivity index (χ0v) is 19.7. The Hall–Kier alpha value is -3.65. The zero-order valence-electron chi connectivity index (χ0n) is 18.9. The van der Waals surface area contributed by atoms with Crippen molar-refractivity contribution in [2.45, 2.75) is 39.3 Å². The fourth-order valence-electron chi connectivity index (χ4n) is 4.53. The molecule has 0 aliphatic heterocycles. The van der Waals surface area contributed by atoms with Crippen LogP contribution in [-0.4, -0.2) is 34.5 Å². The standard InChI is InChI=1S/C25H24ClN7O/c1-25(2)9-20(25)16-3-5-31-13-19(30-23(31)7-16)14-33-12-17(10-29-33)24(34)27-11-21-22-8-18(26)4-6-32(22)15-28-21/h3-8,10,12-13,15,20H,9,11,14H2,1-2H3,(H,27,34). The highest BCUT2D eigenvalue weighted by atomic mass is 35.5. The number of nitrogens with zero attached hydrogens (tertiary/aromatic N) is 6. The normalized spacial score (nSPS) is 16.9. The molecule has 8 nitrogen and oxygen atoms in total. The molecule has 172 valence electrons. The molecule has 34 heavy (non-hydrogen) atoms. The van der Waals surface area contributed by atoms with Crippen LogP contribution in [0, 0.1) is 5.41 Å². The van der Waals surface area contributed by atoms with Gasteiger partial charge in [0.25, 0.3) is 5.91 Å². The maximum absolute atomic E-state index is 12.7. The molecule has 1 amide bonds. The van der Waals surface area contributed by atoms with Gasteiger partial charge in [-0.15, -0.1) is 0 Å². The van der Waals surface area contributed by atoms with Gasteiger partial charge in [0.1, 0.15) is 5.65 Å². The lowest BCUT2D eigenvalue weighted by Gasteiger charge is -2.03. The van der Waals surface area contributed by atoms with E-state index in [0.717, 1.165) is 22.6 Å². The molecule has 1 unspecified atom stereocenters. The molecule has 1 aliphatic rings. The Kier molecular flexibility index (Phi) is 4.74. The van der Waals surface area contributed by atoms with E-state index in [2.05, 4.69) is 47.6 Å². The van der Waals surface area contributed by atoms with E-state index in [1.54, 1.807) is 29.5 Å². The number of halogens is 1. The van der Waals surface area contributed by atoms with Crippen molar-refractivity contribution in [2.75, 3.05) is 0 Å². The van der Waals surface area contributed by atoms with Crippen molar-refractivity contribution >= 4 is 28.7 Å². The van der Waals surface area contributed by atoms with Gasteiger partial charge in [-0.3, -0.25) is 9.48 Å². The average Bonchev–Trinajstić information content (AvgIpc) is 3.24. The molecule has 1 fully saturated rings. The van der Waals surface area contributed by atoms with Crippen molar-refractivity contribution in [3.05, 3.63) is 89.1 Å². The number of carbonyl (C=O) groups excluding carboxylic acids is 1. The van der Waals surface area contributed by atoms with Crippen LogP contribution in [0.1, 0.15) is 53.5 Å². The fraction of sp³-hybridized carbons (Fsp3) is 0.280. The van der Waals surface area contributed by atoms with Crippen LogP contribution in [0.2, 0.25) is 5.02 Å². The minimum Gasteiger partial charge on any atom is -0.346 e. The number of aromatic nitrogens is 6. The average molecular weight is 474 g/mol. The number of rotatable bonds is 6. The molecular formula is C25H24ClN7O. The van der Waals surface area contributed by atoms with Crippen LogP contribution in [0.15, 0.2) is 61.6 Å². The third-order valence-electron chi connectivity index (χ3n) is 6.67. The van der Waals surface area contributed by atoms with Gasteiger partial charge in [0.2, 0.25) is 0 Å². The molecule has 1 saturated carbocycles. The predicted octanol–water partition coefficient (Wildman–Crippen LogP) is 4.32. The second kappa shape index (κ2) is 7.70. The second-order valence-electron chi connectivity index (χ2n) is 9.64. The van der Waals surface area contributed by atoms with Gasteiger partial charge in [0.15, 0.2) is 0 Å². The van der Waals surface area contributed by atoms with E-state index in [-0.39, 0.29) is 5.91 Å². The Labute approximate surface area is 201 Å². The van der Waals surface area contributed by atoms with E-state index >= 15 is 0 Å². The van der Waals surface area contributed by atoms with Crippen molar-refractivity contribution in [2.24, 2.45) is 5.41 Å². The van der Waals surface area contributed by atoms with Crippen LogP contribution in [0.5, 0.6) is 0 Å². The van der Waals surface area contributed by atoms with Crippen molar-refractivity contribution in [3.63, 3.8) is 0 Å². The molecule has 0 radical (unpaired) electrons. The van der Waals surface area contributed by atoms with Crippen LogP contribution in [-0.2, 0) is 13.1 Å². The second-order valence-corrected chi connectivity index (χ2v) is 10.1. The number of nitrogens with one attached hydrogen (secondary N) is 1. The third kappa shape index (κ3) is 3.84. The van der Waals surface area contributed by atoms with Gasteiger partial charge in [-0.1, -0.05) is 25.4 Å². The Morgan fingerprint density at radius 2 is 2.03 bits per heavy atom. The molecule has 5 heterocycles. The molecule has 0 bridgehead atoms. The molecular weight excluding hydrogens is 450 g/mol. The highest BCUT2D eigenvalue weighted by molar-refractivity contribution is 6.30. The highest BCUT2D eigenvalue weighted by Crippen LogP contribution is 2.58. The smallest absolute Gasteiger partial charge is 0.254 e. The molecule has 0 aromatic carbocycles. The van der Waals surface area contributed by atoms with E-state index in [4.69, 9.17) is 16.6 Å². The first-order valence-corrected chi connectivity index (χ1v) is 11.6. The van der Waals surface area contributed by atoms with Gasteiger partial charge in [-0.25, -0.2) is 9.97 Å². The Morgan fingerprint density at radius 1 is 1.21 bits per heavy atom. The number of pyridine rings is 2.